The first-order valence-electron chi connectivity index (χ1n) is 7.84. The molecule has 3 rings (SSSR count). The Balaban J connectivity index is 1.47. The number of aliphatic imine (C=N–C) groups is 1. The summed E-state index contributed by atoms with van der Waals surface area (Å²) in [5.74, 6) is 2.82. The van der Waals surface area contributed by atoms with Crippen molar-refractivity contribution in [3.63, 3.8) is 0 Å². The second-order valence-electron chi connectivity index (χ2n) is 5.73. The molecule has 2 heterocycles. The second kappa shape index (κ2) is 6.74. The molecule has 2 fully saturated rings. The first-order chi connectivity index (χ1) is 10.4. The zero-order chi connectivity index (χ0) is 14.5. The van der Waals surface area contributed by atoms with Crippen LogP contribution in [0.2, 0.25) is 0 Å². The normalized spacial score (nSPS) is 19.8. The molecule has 0 radical (unpaired) electrons. The van der Waals surface area contributed by atoms with Gasteiger partial charge >= 0.3 is 0 Å². The van der Waals surface area contributed by atoms with Crippen LogP contribution in [0.1, 0.15) is 19.3 Å². The number of nitrogens with zero attached hydrogens (tertiary/aromatic N) is 5. The predicted octanol–water partition coefficient (Wildman–Crippen LogP) is 0.974. The highest BCUT2D eigenvalue weighted by Gasteiger charge is 2.23. The summed E-state index contributed by atoms with van der Waals surface area (Å²) in [6.45, 7) is 4.84. The van der Waals surface area contributed by atoms with E-state index in [1.165, 1.54) is 19.3 Å². The zero-order valence-electron chi connectivity index (χ0n) is 12.7. The van der Waals surface area contributed by atoms with E-state index >= 15 is 0 Å². The van der Waals surface area contributed by atoms with Crippen LogP contribution in [0, 0.1) is 5.92 Å². The molecular formula is C15H24N6. The van der Waals surface area contributed by atoms with Crippen LogP contribution in [-0.4, -0.2) is 60.6 Å². The number of piperazine rings is 1. The van der Waals surface area contributed by atoms with Crippen molar-refractivity contribution in [2.24, 2.45) is 10.9 Å². The number of rotatable bonds is 4. The van der Waals surface area contributed by atoms with Crippen molar-refractivity contribution >= 4 is 11.9 Å². The average Bonchev–Trinajstić information content (AvgIpc) is 3.37. The SMILES string of the molecule is CN=C(NCCC1CC1)N1CCN(c2ncccn2)CC1. The summed E-state index contributed by atoms with van der Waals surface area (Å²) in [6, 6.07) is 1.85. The van der Waals surface area contributed by atoms with Gasteiger partial charge < -0.3 is 15.1 Å². The van der Waals surface area contributed by atoms with Crippen LogP contribution in [0.25, 0.3) is 0 Å². The van der Waals surface area contributed by atoms with Gasteiger partial charge in [0.15, 0.2) is 5.96 Å². The average molecular weight is 288 g/mol. The molecule has 0 spiro atoms. The van der Waals surface area contributed by atoms with Gasteiger partial charge in [0.05, 0.1) is 0 Å². The summed E-state index contributed by atoms with van der Waals surface area (Å²) < 4.78 is 0. The first-order valence-corrected chi connectivity index (χ1v) is 7.84. The Labute approximate surface area is 126 Å². The van der Waals surface area contributed by atoms with Crippen molar-refractivity contribution in [3.8, 4) is 0 Å². The maximum Gasteiger partial charge on any atom is 0.225 e. The maximum absolute atomic E-state index is 4.41. The molecule has 0 bridgehead atoms. The van der Waals surface area contributed by atoms with E-state index in [0.717, 1.165) is 50.5 Å². The predicted molar refractivity (Wildman–Crippen MR) is 84.5 cm³/mol. The van der Waals surface area contributed by atoms with Gasteiger partial charge in [0.1, 0.15) is 0 Å². The zero-order valence-corrected chi connectivity index (χ0v) is 12.7. The van der Waals surface area contributed by atoms with Crippen molar-refractivity contribution < 1.29 is 0 Å². The van der Waals surface area contributed by atoms with Crippen molar-refractivity contribution in [1.82, 2.24) is 20.2 Å². The van der Waals surface area contributed by atoms with E-state index in [-0.39, 0.29) is 0 Å². The van der Waals surface area contributed by atoms with Crippen LogP contribution in [-0.2, 0) is 0 Å². The van der Waals surface area contributed by atoms with Gasteiger partial charge in [0, 0.05) is 52.2 Å². The third-order valence-electron chi connectivity index (χ3n) is 4.16. The van der Waals surface area contributed by atoms with Crippen molar-refractivity contribution in [2.75, 3.05) is 44.7 Å². The van der Waals surface area contributed by atoms with E-state index in [1.807, 2.05) is 13.1 Å². The lowest BCUT2D eigenvalue weighted by Crippen LogP contribution is -2.53. The summed E-state index contributed by atoms with van der Waals surface area (Å²) in [5.41, 5.74) is 0. The number of nitrogens with one attached hydrogen (secondary N) is 1. The summed E-state index contributed by atoms with van der Waals surface area (Å²) >= 11 is 0. The number of guanidine groups is 1. The Morgan fingerprint density at radius 3 is 2.57 bits per heavy atom. The van der Waals surface area contributed by atoms with Crippen molar-refractivity contribution in [2.45, 2.75) is 19.3 Å². The molecule has 0 amide bonds. The molecule has 6 heteroatoms. The molecule has 1 aliphatic carbocycles. The molecule has 1 saturated heterocycles. The Morgan fingerprint density at radius 1 is 1.24 bits per heavy atom. The smallest absolute Gasteiger partial charge is 0.225 e. The van der Waals surface area contributed by atoms with E-state index < -0.39 is 0 Å². The van der Waals surface area contributed by atoms with E-state index in [1.54, 1.807) is 12.4 Å². The molecule has 1 aromatic rings. The van der Waals surface area contributed by atoms with Gasteiger partial charge in [-0.3, -0.25) is 4.99 Å². The lowest BCUT2D eigenvalue weighted by molar-refractivity contribution is 0.369. The molecule has 1 aromatic heterocycles. The Hall–Kier alpha value is -1.85. The van der Waals surface area contributed by atoms with Gasteiger partial charge in [-0.05, 0) is 18.4 Å². The summed E-state index contributed by atoms with van der Waals surface area (Å²) in [6.07, 6.45) is 7.70. The van der Waals surface area contributed by atoms with E-state index in [0.29, 0.717) is 0 Å². The molecule has 6 nitrogen and oxygen atoms in total. The van der Waals surface area contributed by atoms with Crippen LogP contribution in [0.3, 0.4) is 0 Å². The largest absolute Gasteiger partial charge is 0.356 e. The number of hydrogen-bond donors (Lipinski definition) is 1. The Bertz CT molecular complexity index is 462. The molecule has 1 N–H and O–H groups in total. The van der Waals surface area contributed by atoms with Gasteiger partial charge in [-0.25, -0.2) is 9.97 Å². The fourth-order valence-electron chi connectivity index (χ4n) is 2.70. The van der Waals surface area contributed by atoms with Gasteiger partial charge in [-0.2, -0.15) is 0 Å². The summed E-state index contributed by atoms with van der Waals surface area (Å²) in [4.78, 5) is 17.6. The number of hydrogen-bond acceptors (Lipinski definition) is 4. The Kier molecular flexibility index (Phi) is 4.52. The standard InChI is InChI=1S/C15H24N6/c1-16-14(19-8-5-13-3-4-13)20-9-11-21(12-10-20)15-17-6-2-7-18-15/h2,6-7,13H,3-5,8-12H2,1H3,(H,16,19). The van der Waals surface area contributed by atoms with Crippen LogP contribution in [0.15, 0.2) is 23.5 Å². The monoisotopic (exact) mass is 288 g/mol. The number of anilines is 1. The topological polar surface area (TPSA) is 56.7 Å². The molecule has 1 saturated carbocycles. The van der Waals surface area contributed by atoms with Gasteiger partial charge in [0.25, 0.3) is 0 Å². The maximum atomic E-state index is 4.41. The minimum absolute atomic E-state index is 0.828. The molecule has 21 heavy (non-hydrogen) atoms. The lowest BCUT2D eigenvalue weighted by Gasteiger charge is -2.36. The highest BCUT2D eigenvalue weighted by atomic mass is 15.4. The minimum Gasteiger partial charge on any atom is -0.356 e. The highest BCUT2D eigenvalue weighted by molar-refractivity contribution is 5.80. The van der Waals surface area contributed by atoms with E-state index in [2.05, 4.69) is 30.1 Å². The van der Waals surface area contributed by atoms with Crippen LogP contribution in [0.5, 0.6) is 0 Å². The number of aromatic nitrogens is 2. The van der Waals surface area contributed by atoms with Crippen molar-refractivity contribution in [1.29, 1.82) is 0 Å². The van der Waals surface area contributed by atoms with Gasteiger partial charge in [0.2, 0.25) is 5.95 Å². The highest BCUT2D eigenvalue weighted by Crippen LogP contribution is 2.31. The fraction of sp³-hybridized carbons (Fsp3) is 0.667. The minimum atomic E-state index is 0.828. The molecule has 114 valence electrons. The van der Waals surface area contributed by atoms with E-state index in [9.17, 15) is 0 Å². The summed E-state index contributed by atoms with van der Waals surface area (Å²) in [7, 11) is 1.87. The first kappa shape index (κ1) is 14.1. The fourth-order valence-corrected chi connectivity index (χ4v) is 2.70. The van der Waals surface area contributed by atoms with Crippen LogP contribution in [0.4, 0.5) is 5.95 Å². The molecule has 0 unspecified atom stereocenters. The Morgan fingerprint density at radius 2 is 1.95 bits per heavy atom. The van der Waals surface area contributed by atoms with Gasteiger partial charge in [-0.15, -0.1) is 0 Å². The molecular weight excluding hydrogens is 264 g/mol. The van der Waals surface area contributed by atoms with E-state index in [4.69, 9.17) is 0 Å². The summed E-state index contributed by atoms with van der Waals surface area (Å²) in [5, 5.41) is 3.49. The van der Waals surface area contributed by atoms with Crippen LogP contribution >= 0.6 is 0 Å². The third kappa shape index (κ3) is 3.83. The third-order valence-corrected chi connectivity index (χ3v) is 4.16. The van der Waals surface area contributed by atoms with Crippen molar-refractivity contribution in [3.05, 3.63) is 18.5 Å². The second-order valence-corrected chi connectivity index (χ2v) is 5.73. The molecule has 0 atom stereocenters. The quantitative estimate of drug-likeness (QED) is 0.661. The van der Waals surface area contributed by atoms with Crippen LogP contribution < -0.4 is 10.2 Å². The molecule has 2 aliphatic rings. The molecule has 0 aromatic carbocycles. The van der Waals surface area contributed by atoms with Gasteiger partial charge in [-0.1, -0.05) is 12.8 Å². The molecule has 1 aliphatic heterocycles. The lowest BCUT2D eigenvalue weighted by atomic mass is 10.3.